The van der Waals surface area contributed by atoms with Gasteiger partial charge in [-0.25, -0.2) is 0 Å². The third kappa shape index (κ3) is 16.1. The molecule has 2 aliphatic rings. The second-order valence-electron chi connectivity index (χ2n) is 11.6. The van der Waals surface area contributed by atoms with E-state index >= 15 is 0 Å². The summed E-state index contributed by atoms with van der Waals surface area (Å²) in [6.45, 7) is 8.26. The molecule has 2 heterocycles. The maximum Gasteiger partial charge on any atom is 0.306 e. The summed E-state index contributed by atoms with van der Waals surface area (Å²) in [6.07, 6.45) is 22.6. The monoisotopic (exact) mass is 547 g/mol. The second kappa shape index (κ2) is 19.3. The molecule has 0 fully saturated rings. The topological polar surface area (TPSA) is 102 Å². The van der Waals surface area contributed by atoms with Crippen molar-refractivity contribution in [3.63, 3.8) is 0 Å². The Balaban J connectivity index is 1.43. The van der Waals surface area contributed by atoms with Crippen LogP contribution < -0.4 is 0 Å². The first-order valence-electron chi connectivity index (χ1n) is 16.0. The number of hydrogen-bond acceptors (Lipinski definition) is 8. The summed E-state index contributed by atoms with van der Waals surface area (Å²) in [6, 6.07) is 0. The molecule has 0 N–H and O–H groups in total. The minimum Gasteiger partial charge on any atom is -0.462 e. The average Bonchev–Trinajstić information content (AvgIpc) is 3.85. The van der Waals surface area contributed by atoms with Gasteiger partial charge in [0.05, 0.1) is 0 Å². The van der Waals surface area contributed by atoms with Crippen molar-refractivity contribution in [3.05, 3.63) is 6.92 Å². The molecule has 1 radical (unpaired) electrons. The molecule has 8 nitrogen and oxygen atoms in total. The zero-order valence-electron chi connectivity index (χ0n) is 25.0. The van der Waals surface area contributed by atoms with Crippen LogP contribution in [-0.4, -0.2) is 36.0 Å². The molecule has 0 aromatic heterocycles. The van der Waals surface area contributed by atoms with Gasteiger partial charge in [-0.3, -0.25) is 9.59 Å². The lowest BCUT2D eigenvalue weighted by atomic mass is 9.98. The fraction of sp³-hybridized carbons (Fsp3) is 0.903. The van der Waals surface area contributed by atoms with E-state index in [-0.39, 0.29) is 29.9 Å². The first kappa shape index (κ1) is 33.3. The fourth-order valence-corrected chi connectivity index (χ4v) is 5.09. The van der Waals surface area contributed by atoms with Gasteiger partial charge in [0.25, 0.3) is 0 Å². The van der Waals surface area contributed by atoms with Crippen LogP contribution in [0.3, 0.4) is 0 Å². The zero-order chi connectivity index (χ0) is 28.2. The molecule has 223 valence electrons. The molecule has 1 atom stereocenters. The molecule has 0 spiro atoms. The van der Waals surface area contributed by atoms with Crippen molar-refractivity contribution in [2.45, 2.75) is 173 Å². The molecule has 2 rings (SSSR count). The molecule has 0 amide bonds. The normalized spacial score (nSPS) is 16.7. The van der Waals surface area contributed by atoms with Gasteiger partial charge in [0, 0.05) is 12.8 Å². The molecule has 1 unspecified atom stereocenters. The summed E-state index contributed by atoms with van der Waals surface area (Å²) in [5.74, 6) is -0.613. The van der Waals surface area contributed by atoms with Crippen molar-refractivity contribution in [3.8, 4) is 0 Å². The van der Waals surface area contributed by atoms with E-state index in [1.165, 1.54) is 77.0 Å². The lowest BCUT2D eigenvalue weighted by Crippen LogP contribution is -2.23. The Morgan fingerprint density at radius 3 is 1.41 bits per heavy atom. The minimum absolute atomic E-state index is 0.0185. The summed E-state index contributed by atoms with van der Waals surface area (Å²) < 4.78 is 10.6. The highest BCUT2D eigenvalue weighted by atomic mass is 16.6. The Hall–Kier alpha value is -1.86. The van der Waals surface area contributed by atoms with Crippen LogP contribution >= 0.6 is 0 Å². The molecule has 0 aliphatic carbocycles. The molecule has 0 aromatic rings. The van der Waals surface area contributed by atoms with Crippen LogP contribution in [-0.2, 0) is 19.1 Å². The molecule has 2 aliphatic heterocycles. The van der Waals surface area contributed by atoms with Gasteiger partial charge in [0.15, 0.2) is 11.3 Å². The van der Waals surface area contributed by atoms with Crippen molar-refractivity contribution in [2.75, 3.05) is 6.61 Å². The summed E-state index contributed by atoms with van der Waals surface area (Å²) in [7, 11) is 0. The van der Waals surface area contributed by atoms with Crippen LogP contribution in [0.25, 0.3) is 0 Å². The largest absolute Gasteiger partial charge is 0.462 e. The predicted octanol–water partition coefficient (Wildman–Crippen LogP) is 9.22. The number of esters is 2. The minimum atomic E-state index is -0.699. The summed E-state index contributed by atoms with van der Waals surface area (Å²) in [4.78, 5) is 24.3. The third-order valence-electron chi connectivity index (χ3n) is 7.77. The van der Waals surface area contributed by atoms with E-state index in [9.17, 15) is 9.59 Å². The Bertz CT molecular complexity index is 743. The number of nitrogens with zero attached hydrogens (tertiary/aromatic N) is 4. The van der Waals surface area contributed by atoms with Gasteiger partial charge < -0.3 is 9.47 Å². The molecule has 0 aromatic carbocycles. The van der Waals surface area contributed by atoms with E-state index in [0.29, 0.717) is 25.7 Å². The van der Waals surface area contributed by atoms with Gasteiger partial charge in [0.1, 0.15) is 12.7 Å². The maximum absolute atomic E-state index is 12.2. The van der Waals surface area contributed by atoms with Gasteiger partial charge in [-0.05, 0) is 58.3 Å². The van der Waals surface area contributed by atoms with E-state index in [1.807, 2.05) is 0 Å². The van der Waals surface area contributed by atoms with Crippen molar-refractivity contribution in [1.29, 1.82) is 0 Å². The maximum atomic E-state index is 12.2. The lowest BCUT2D eigenvalue weighted by Gasteiger charge is -2.15. The zero-order valence-corrected chi connectivity index (χ0v) is 25.0. The van der Waals surface area contributed by atoms with E-state index in [2.05, 4.69) is 41.2 Å². The average molecular weight is 548 g/mol. The van der Waals surface area contributed by atoms with Crippen LogP contribution in [0.4, 0.5) is 0 Å². The number of carbonyl (C=O) groups excluding carboxylic acids is 2. The summed E-state index contributed by atoms with van der Waals surface area (Å²) >= 11 is 0. The van der Waals surface area contributed by atoms with Crippen LogP contribution in [0.2, 0.25) is 0 Å². The highest BCUT2D eigenvalue weighted by Crippen LogP contribution is 2.39. The molecular formula is C31H55N4O4. The summed E-state index contributed by atoms with van der Waals surface area (Å²) in [5.41, 5.74) is -0.501. The van der Waals surface area contributed by atoms with Crippen LogP contribution in [0, 0.1) is 6.92 Å². The Kier molecular flexibility index (Phi) is 16.5. The van der Waals surface area contributed by atoms with E-state index in [4.69, 9.17) is 9.47 Å². The van der Waals surface area contributed by atoms with Crippen LogP contribution in [0.15, 0.2) is 20.5 Å². The third-order valence-corrected chi connectivity index (χ3v) is 7.77. The Labute approximate surface area is 237 Å². The van der Waals surface area contributed by atoms with Crippen molar-refractivity contribution < 1.29 is 19.1 Å². The standard InChI is InChI=1S/C31H55N4O4/c1-4-6-8-10-12-14-16-22-30(32-33-30)24-18-20-28(36)38-26-27(3)39-29(37)21-19-25-31(34-35-31)23-17-15-13-11-9-7-5-2/h27H,3-26H2,1-2H3. The molecule has 0 saturated heterocycles. The van der Waals surface area contributed by atoms with Gasteiger partial charge >= 0.3 is 11.9 Å². The van der Waals surface area contributed by atoms with Gasteiger partial charge in [-0.1, -0.05) is 90.9 Å². The van der Waals surface area contributed by atoms with E-state index in [1.54, 1.807) is 0 Å². The molecular weight excluding hydrogens is 492 g/mol. The van der Waals surface area contributed by atoms with Gasteiger partial charge in [-0.15, -0.1) is 0 Å². The van der Waals surface area contributed by atoms with E-state index in [0.717, 1.165) is 38.5 Å². The summed E-state index contributed by atoms with van der Waals surface area (Å²) in [5, 5.41) is 17.0. The fourth-order valence-electron chi connectivity index (χ4n) is 5.09. The smallest absolute Gasteiger partial charge is 0.306 e. The Morgan fingerprint density at radius 1 is 0.590 bits per heavy atom. The number of unbranched alkanes of at least 4 members (excludes halogenated alkanes) is 12. The number of rotatable bonds is 27. The van der Waals surface area contributed by atoms with Crippen LogP contribution in [0.1, 0.15) is 155 Å². The molecule has 0 saturated carbocycles. The first-order chi connectivity index (χ1) is 18.9. The first-order valence-corrected chi connectivity index (χ1v) is 16.0. The molecule has 0 bridgehead atoms. The SMILES string of the molecule is [CH2]C(COC(=O)CCCC1(CCCCCCCCC)N=N1)OC(=O)CCCC1(CCCCCCCCC)N=N1. The number of ether oxygens (including phenoxy) is 2. The molecule has 8 heteroatoms. The number of carbonyl (C=O) groups is 2. The second-order valence-corrected chi connectivity index (χ2v) is 11.6. The Morgan fingerprint density at radius 2 is 0.974 bits per heavy atom. The molecule has 39 heavy (non-hydrogen) atoms. The van der Waals surface area contributed by atoms with Gasteiger partial charge in [0.2, 0.25) is 0 Å². The highest BCUT2D eigenvalue weighted by Gasteiger charge is 2.39. The van der Waals surface area contributed by atoms with Crippen molar-refractivity contribution >= 4 is 11.9 Å². The highest BCUT2D eigenvalue weighted by molar-refractivity contribution is 5.70. The van der Waals surface area contributed by atoms with Crippen molar-refractivity contribution in [2.24, 2.45) is 20.5 Å². The lowest BCUT2D eigenvalue weighted by molar-refractivity contribution is -0.156. The van der Waals surface area contributed by atoms with Gasteiger partial charge in [-0.2, -0.15) is 20.5 Å². The quantitative estimate of drug-likeness (QED) is 0.0755. The van der Waals surface area contributed by atoms with E-state index < -0.39 is 6.10 Å². The van der Waals surface area contributed by atoms with Crippen LogP contribution in [0.5, 0.6) is 0 Å². The number of hydrogen-bond donors (Lipinski definition) is 0. The predicted molar refractivity (Wildman–Crippen MR) is 154 cm³/mol. The van der Waals surface area contributed by atoms with Crippen molar-refractivity contribution in [1.82, 2.24) is 0 Å².